The molecule has 2 aromatic carbocycles. The number of benzene rings is 2. The lowest BCUT2D eigenvalue weighted by atomic mass is 10.3. The molecule has 0 aliphatic heterocycles. The molecule has 7 heteroatoms. The van der Waals surface area contributed by atoms with Crippen molar-refractivity contribution in [1.29, 1.82) is 0 Å². The Bertz CT molecular complexity index is 719. The molecule has 0 atom stereocenters. The zero-order valence-electron chi connectivity index (χ0n) is 9.60. The standard InChI is InChI=1S/C12H10BrClN2O2S/c13-9-3-1-2-4-12(9)19(17,18)16-11-6-5-8(14)7-10(11)15/h1-7,16H,15H2. The van der Waals surface area contributed by atoms with Gasteiger partial charge in [-0.3, -0.25) is 4.72 Å². The topological polar surface area (TPSA) is 72.2 Å². The summed E-state index contributed by atoms with van der Waals surface area (Å²) in [6.07, 6.45) is 0. The highest BCUT2D eigenvalue weighted by molar-refractivity contribution is 9.10. The van der Waals surface area contributed by atoms with E-state index < -0.39 is 10.0 Å². The third-order valence-electron chi connectivity index (χ3n) is 2.38. The summed E-state index contributed by atoms with van der Waals surface area (Å²) in [6, 6.07) is 11.1. The fraction of sp³-hybridized carbons (Fsp3) is 0. The van der Waals surface area contributed by atoms with Gasteiger partial charge in [0.05, 0.1) is 11.4 Å². The normalized spacial score (nSPS) is 11.3. The fourth-order valence-corrected chi connectivity index (χ4v) is 3.76. The van der Waals surface area contributed by atoms with Crippen LogP contribution in [0.25, 0.3) is 0 Å². The molecule has 0 heterocycles. The van der Waals surface area contributed by atoms with Gasteiger partial charge in [0.1, 0.15) is 4.90 Å². The first-order valence-electron chi connectivity index (χ1n) is 5.22. The molecule has 2 rings (SSSR count). The fourth-order valence-electron chi connectivity index (χ4n) is 1.49. The summed E-state index contributed by atoms with van der Waals surface area (Å²) in [5, 5.41) is 0.446. The number of nitrogen functional groups attached to an aromatic ring is 1. The Labute approximate surface area is 124 Å². The molecule has 0 aromatic heterocycles. The van der Waals surface area contributed by atoms with Crippen LogP contribution in [0, 0.1) is 0 Å². The van der Waals surface area contributed by atoms with Gasteiger partial charge in [-0.25, -0.2) is 8.42 Å². The zero-order valence-corrected chi connectivity index (χ0v) is 12.8. The molecule has 0 bridgehead atoms. The van der Waals surface area contributed by atoms with Crippen LogP contribution in [0.4, 0.5) is 11.4 Å². The maximum absolute atomic E-state index is 12.2. The average Bonchev–Trinajstić information content (AvgIpc) is 2.33. The van der Waals surface area contributed by atoms with Gasteiger partial charge < -0.3 is 5.73 Å². The van der Waals surface area contributed by atoms with E-state index in [0.717, 1.165) is 0 Å². The monoisotopic (exact) mass is 360 g/mol. The van der Waals surface area contributed by atoms with Gasteiger partial charge in [0.25, 0.3) is 10.0 Å². The minimum absolute atomic E-state index is 0.143. The molecule has 0 fully saturated rings. The van der Waals surface area contributed by atoms with Crippen LogP contribution >= 0.6 is 27.5 Å². The van der Waals surface area contributed by atoms with E-state index in [2.05, 4.69) is 20.7 Å². The van der Waals surface area contributed by atoms with E-state index in [-0.39, 0.29) is 10.6 Å². The molecule has 3 N–H and O–H groups in total. The van der Waals surface area contributed by atoms with Crippen molar-refractivity contribution in [3.05, 3.63) is 52.0 Å². The minimum atomic E-state index is -3.70. The van der Waals surface area contributed by atoms with Gasteiger partial charge in [-0.15, -0.1) is 0 Å². The van der Waals surface area contributed by atoms with Gasteiger partial charge in [-0.2, -0.15) is 0 Å². The van der Waals surface area contributed by atoms with E-state index in [1.54, 1.807) is 24.3 Å². The van der Waals surface area contributed by atoms with Crippen LogP contribution in [0.3, 0.4) is 0 Å². The first kappa shape index (κ1) is 14.2. The number of nitrogens with two attached hydrogens (primary N) is 1. The molecule has 0 aliphatic carbocycles. The lowest BCUT2D eigenvalue weighted by molar-refractivity contribution is 0.601. The number of halogens is 2. The SMILES string of the molecule is Nc1cc(Cl)ccc1NS(=O)(=O)c1ccccc1Br. The molecular formula is C12H10BrClN2O2S. The first-order valence-corrected chi connectivity index (χ1v) is 7.88. The van der Waals surface area contributed by atoms with Crippen molar-refractivity contribution in [3.8, 4) is 0 Å². The van der Waals surface area contributed by atoms with E-state index in [1.165, 1.54) is 18.2 Å². The smallest absolute Gasteiger partial charge is 0.263 e. The third-order valence-corrected chi connectivity index (χ3v) is 5.00. The first-order chi connectivity index (χ1) is 8.90. The van der Waals surface area contributed by atoms with Crippen molar-refractivity contribution >= 4 is 48.9 Å². The van der Waals surface area contributed by atoms with Gasteiger partial charge in [-0.05, 0) is 46.3 Å². The van der Waals surface area contributed by atoms with E-state index >= 15 is 0 Å². The average molecular weight is 362 g/mol. The summed E-state index contributed by atoms with van der Waals surface area (Å²) >= 11 is 8.97. The Morgan fingerprint density at radius 3 is 2.47 bits per heavy atom. The molecule has 0 aliphatic rings. The zero-order chi connectivity index (χ0) is 14.0. The number of rotatable bonds is 3. The second-order valence-corrected chi connectivity index (χ2v) is 6.71. The molecule has 0 saturated heterocycles. The summed E-state index contributed by atoms with van der Waals surface area (Å²) in [5.41, 5.74) is 6.28. The van der Waals surface area contributed by atoms with Crippen molar-refractivity contribution in [1.82, 2.24) is 0 Å². The number of sulfonamides is 1. The summed E-state index contributed by atoms with van der Waals surface area (Å²) in [6.45, 7) is 0. The molecule has 0 unspecified atom stereocenters. The van der Waals surface area contributed by atoms with Crippen LogP contribution in [0.15, 0.2) is 51.8 Å². The predicted molar refractivity (Wildman–Crippen MR) is 80.8 cm³/mol. The van der Waals surface area contributed by atoms with Crippen LogP contribution < -0.4 is 10.5 Å². The molecule has 19 heavy (non-hydrogen) atoms. The highest BCUT2D eigenvalue weighted by Crippen LogP contribution is 2.27. The summed E-state index contributed by atoms with van der Waals surface area (Å²) in [5.74, 6) is 0. The molecule has 0 radical (unpaired) electrons. The van der Waals surface area contributed by atoms with E-state index in [1.807, 2.05) is 0 Å². The van der Waals surface area contributed by atoms with Gasteiger partial charge >= 0.3 is 0 Å². The highest BCUT2D eigenvalue weighted by atomic mass is 79.9. The largest absolute Gasteiger partial charge is 0.397 e. The number of anilines is 2. The Morgan fingerprint density at radius 1 is 1.16 bits per heavy atom. The Morgan fingerprint density at radius 2 is 1.84 bits per heavy atom. The van der Waals surface area contributed by atoms with Crippen molar-refractivity contribution in [2.75, 3.05) is 10.5 Å². The molecular weight excluding hydrogens is 352 g/mol. The van der Waals surface area contributed by atoms with Gasteiger partial charge in [0, 0.05) is 9.50 Å². The molecule has 0 spiro atoms. The van der Waals surface area contributed by atoms with Gasteiger partial charge in [0.15, 0.2) is 0 Å². The number of nitrogens with one attached hydrogen (secondary N) is 1. The van der Waals surface area contributed by atoms with Crippen LogP contribution in [0.2, 0.25) is 5.02 Å². The van der Waals surface area contributed by atoms with Crippen molar-refractivity contribution < 1.29 is 8.42 Å². The summed E-state index contributed by atoms with van der Waals surface area (Å²) < 4.78 is 27.4. The summed E-state index contributed by atoms with van der Waals surface area (Å²) in [7, 11) is -3.70. The van der Waals surface area contributed by atoms with Crippen LogP contribution in [0.5, 0.6) is 0 Å². The van der Waals surface area contributed by atoms with Crippen LogP contribution in [-0.4, -0.2) is 8.42 Å². The maximum Gasteiger partial charge on any atom is 0.263 e. The van der Waals surface area contributed by atoms with Crippen molar-refractivity contribution in [2.24, 2.45) is 0 Å². The number of hydrogen-bond donors (Lipinski definition) is 2. The highest BCUT2D eigenvalue weighted by Gasteiger charge is 2.18. The molecule has 0 saturated carbocycles. The van der Waals surface area contributed by atoms with Gasteiger partial charge in [0.2, 0.25) is 0 Å². The van der Waals surface area contributed by atoms with E-state index in [9.17, 15) is 8.42 Å². The van der Waals surface area contributed by atoms with Crippen LogP contribution in [-0.2, 0) is 10.0 Å². The molecule has 4 nitrogen and oxygen atoms in total. The second kappa shape index (κ2) is 5.40. The van der Waals surface area contributed by atoms with Crippen molar-refractivity contribution in [3.63, 3.8) is 0 Å². The van der Waals surface area contributed by atoms with E-state index in [0.29, 0.717) is 15.2 Å². The van der Waals surface area contributed by atoms with Gasteiger partial charge in [-0.1, -0.05) is 23.7 Å². The quantitative estimate of drug-likeness (QED) is 0.822. The minimum Gasteiger partial charge on any atom is -0.397 e. The van der Waals surface area contributed by atoms with E-state index in [4.69, 9.17) is 17.3 Å². The lowest BCUT2D eigenvalue weighted by Gasteiger charge is -2.11. The second-order valence-electron chi connectivity index (χ2n) is 3.77. The summed E-state index contributed by atoms with van der Waals surface area (Å²) in [4.78, 5) is 0.143. The Hall–Kier alpha value is -1.24. The molecule has 100 valence electrons. The Kier molecular flexibility index (Phi) is 4.03. The third kappa shape index (κ3) is 3.20. The molecule has 0 amide bonds. The number of hydrogen-bond acceptors (Lipinski definition) is 3. The lowest BCUT2D eigenvalue weighted by Crippen LogP contribution is -2.14. The predicted octanol–water partition coefficient (Wildman–Crippen LogP) is 3.49. The maximum atomic E-state index is 12.2. The molecule has 2 aromatic rings. The Balaban J connectivity index is 2.40. The van der Waals surface area contributed by atoms with Crippen molar-refractivity contribution in [2.45, 2.75) is 4.90 Å². The van der Waals surface area contributed by atoms with Crippen LogP contribution in [0.1, 0.15) is 0 Å².